The van der Waals surface area contributed by atoms with E-state index in [0.717, 1.165) is 11.4 Å². The summed E-state index contributed by atoms with van der Waals surface area (Å²) in [5.41, 5.74) is 2.97. The normalized spacial score (nSPS) is 10.8. The van der Waals surface area contributed by atoms with Gasteiger partial charge < -0.3 is 10.6 Å². The Hall–Kier alpha value is -3.56. The maximum Gasteiger partial charge on any atom is 0.256 e. The number of hydrogen-bond donors (Lipinski definition) is 2. The van der Waals surface area contributed by atoms with Gasteiger partial charge in [0.05, 0.1) is 12.0 Å². The Bertz CT molecular complexity index is 1090. The molecule has 1 amide bonds. The summed E-state index contributed by atoms with van der Waals surface area (Å²) < 4.78 is 3.19. The SMILES string of the molecule is Cc1ncn(CC(=O)NCCNc2cc(-n3cnc(C)c3C)ncn2)c(=O)c1C. The average Bonchev–Trinajstić information content (AvgIpc) is 3.05. The molecule has 3 heterocycles. The van der Waals surface area contributed by atoms with Crippen molar-refractivity contribution in [3.05, 3.63) is 58.0 Å². The lowest BCUT2D eigenvalue weighted by molar-refractivity contribution is -0.121. The van der Waals surface area contributed by atoms with Crippen molar-refractivity contribution in [1.82, 2.24) is 34.4 Å². The summed E-state index contributed by atoms with van der Waals surface area (Å²) in [6, 6.07) is 1.82. The van der Waals surface area contributed by atoms with Crippen LogP contribution in [0.15, 0.2) is 29.8 Å². The highest BCUT2D eigenvalue weighted by Crippen LogP contribution is 2.13. The molecular formula is C19H24N8O2. The number of nitrogens with zero attached hydrogens (tertiary/aromatic N) is 6. The fourth-order valence-corrected chi connectivity index (χ4v) is 2.70. The number of aryl methyl sites for hydroxylation is 2. The summed E-state index contributed by atoms with van der Waals surface area (Å²) in [7, 11) is 0. The molecule has 0 aromatic carbocycles. The summed E-state index contributed by atoms with van der Waals surface area (Å²) in [4.78, 5) is 41.1. The Morgan fingerprint density at radius 1 is 1.00 bits per heavy atom. The maximum absolute atomic E-state index is 12.1. The van der Waals surface area contributed by atoms with Gasteiger partial charge in [-0.15, -0.1) is 0 Å². The topological polar surface area (TPSA) is 120 Å². The maximum atomic E-state index is 12.1. The van der Waals surface area contributed by atoms with Crippen LogP contribution in [-0.4, -0.2) is 48.1 Å². The second-order valence-electron chi connectivity index (χ2n) is 6.71. The Morgan fingerprint density at radius 2 is 1.76 bits per heavy atom. The zero-order valence-electron chi connectivity index (χ0n) is 16.9. The van der Waals surface area contributed by atoms with E-state index in [1.807, 2.05) is 24.5 Å². The van der Waals surface area contributed by atoms with Crippen LogP contribution in [0.3, 0.4) is 0 Å². The van der Waals surface area contributed by atoms with Gasteiger partial charge in [0.2, 0.25) is 5.91 Å². The number of carbonyl (C=O) groups is 1. The molecule has 0 fully saturated rings. The summed E-state index contributed by atoms with van der Waals surface area (Å²) in [5, 5.41) is 5.92. The van der Waals surface area contributed by atoms with Crippen LogP contribution in [0.4, 0.5) is 5.82 Å². The fourth-order valence-electron chi connectivity index (χ4n) is 2.70. The lowest BCUT2D eigenvalue weighted by atomic mass is 10.3. The molecule has 3 aromatic heterocycles. The van der Waals surface area contributed by atoms with Crippen molar-refractivity contribution in [1.29, 1.82) is 0 Å². The van der Waals surface area contributed by atoms with Gasteiger partial charge in [0, 0.05) is 36.1 Å². The van der Waals surface area contributed by atoms with Gasteiger partial charge in [-0.05, 0) is 27.7 Å². The van der Waals surface area contributed by atoms with E-state index in [1.165, 1.54) is 17.2 Å². The van der Waals surface area contributed by atoms with E-state index in [2.05, 4.69) is 30.6 Å². The van der Waals surface area contributed by atoms with E-state index in [1.54, 1.807) is 20.2 Å². The quantitative estimate of drug-likeness (QED) is 0.564. The summed E-state index contributed by atoms with van der Waals surface area (Å²) in [6.45, 7) is 8.18. The summed E-state index contributed by atoms with van der Waals surface area (Å²) >= 11 is 0. The zero-order valence-corrected chi connectivity index (χ0v) is 16.9. The summed E-state index contributed by atoms with van der Waals surface area (Å²) in [5.74, 6) is 1.10. The third kappa shape index (κ3) is 4.65. The van der Waals surface area contributed by atoms with Crippen LogP contribution in [0.25, 0.3) is 5.82 Å². The minimum absolute atomic E-state index is 0.0656. The third-order valence-corrected chi connectivity index (χ3v) is 4.73. The van der Waals surface area contributed by atoms with Crippen LogP contribution in [0.2, 0.25) is 0 Å². The first-order chi connectivity index (χ1) is 13.9. The zero-order chi connectivity index (χ0) is 21.0. The molecule has 3 aromatic rings. The van der Waals surface area contributed by atoms with E-state index in [4.69, 9.17) is 0 Å². The first-order valence-corrected chi connectivity index (χ1v) is 9.23. The highest BCUT2D eigenvalue weighted by Gasteiger charge is 2.09. The molecule has 2 N–H and O–H groups in total. The molecule has 152 valence electrons. The number of carbonyl (C=O) groups excluding carboxylic acids is 1. The Labute approximate surface area is 168 Å². The van der Waals surface area contributed by atoms with Crippen molar-refractivity contribution in [2.45, 2.75) is 34.2 Å². The molecule has 0 aliphatic rings. The second-order valence-corrected chi connectivity index (χ2v) is 6.71. The fraction of sp³-hybridized carbons (Fsp3) is 0.368. The first kappa shape index (κ1) is 20.2. The molecule has 29 heavy (non-hydrogen) atoms. The van der Waals surface area contributed by atoms with Gasteiger partial charge in [-0.2, -0.15) is 0 Å². The van der Waals surface area contributed by atoms with Crippen LogP contribution in [-0.2, 0) is 11.3 Å². The number of aromatic nitrogens is 6. The molecule has 0 bridgehead atoms. The molecule has 0 saturated carbocycles. The average molecular weight is 396 g/mol. The lowest BCUT2D eigenvalue weighted by Crippen LogP contribution is -2.35. The molecule has 0 atom stereocenters. The van der Waals surface area contributed by atoms with E-state index in [9.17, 15) is 9.59 Å². The summed E-state index contributed by atoms with van der Waals surface area (Å²) in [6.07, 6.45) is 4.59. The molecule has 0 saturated heterocycles. The van der Waals surface area contributed by atoms with Gasteiger partial charge in [-0.25, -0.2) is 19.9 Å². The predicted octanol–water partition coefficient (Wildman–Crippen LogP) is 0.681. The van der Waals surface area contributed by atoms with Crippen molar-refractivity contribution in [3.8, 4) is 5.82 Å². The third-order valence-electron chi connectivity index (χ3n) is 4.73. The number of anilines is 1. The minimum Gasteiger partial charge on any atom is -0.368 e. The van der Waals surface area contributed by atoms with Crippen molar-refractivity contribution in [2.24, 2.45) is 0 Å². The Kier molecular flexibility index (Phi) is 6.01. The van der Waals surface area contributed by atoms with E-state index in [-0.39, 0.29) is 18.0 Å². The molecule has 10 heteroatoms. The van der Waals surface area contributed by atoms with Gasteiger partial charge in [0.25, 0.3) is 5.56 Å². The number of imidazole rings is 1. The Balaban J connectivity index is 1.51. The first-order valence-electron chi connectivity index (χ1n) is 9.23. The molecule has 0 radical (unpaired) electrons. The van der Waals surface area contributed by atoms with Gasteiger partial charge in [-0.3, -0.25) is 18.7 Å². The van der Waals surface area contributed by atoms with Crippen LogP contribution >= 0.6 is 0 Å². The van der Waals surface area contributed by atoms with E-state index in [0.29, 0.717) is 36.0 Å². The Morgan fingerprint density at radius 3 is 2.48 bits per heavy atom. The molecular weight excluding hydrogens is 372 g/mol. The number of hydrogen-bond acceptors (Lipinski definition) is 7. The molecule has 0 spiro atoms. The monoisotopic (exact) mass is 396 g/mol. The van der Waals surface area contributed by atoms with Crippen molar-refractivity contribution in [3.63, 3.8) is 0 Å². The van der Waals surface area contributed by atoms with Crippen molar-refractivity contribution < 1.29 is 4.79 Å². The number of rotatable bonds is 7. The van der Waals surface area contributed by atoms with Crippen molar-refractivity contribution in [2.75, 3.05) is 18.4 Å². The van der Waals surface area contributed by atoms with Crippen LogP contribution in [0, 0.1) is 27.7 Å². The minimum atomic E-state index is -0.258. The van der Waals surface area contributed by atoms with Gasteiger partial charge >= 0.3 is 0 Å². The molecule has 0 aliphatic heterocycles. The molecule has 0 unspecified atom stereocenters. The predicted molar refractivity (Wildman–Crippen MR) is 108 cm³/mol. The van der Waals surface area contributed by atoms with Crippen molar-refractivity contribution >= 4 is 11.7 Å². The highest BCUT2D eigenvalue weighted by atomic mass is 16.2. The van der Waals surface area contributed by atoms with Crippen LogP contribution in [0.5, 0.6) is 0 Å². The van der Waals surface area contributed by atoms with Crippen LogP contribution < -0.4 is 16.2 Å². The highest BCUT2D eigenvalue weighted by molar-refractivity contribution is 5.75. The largest absolute Gasteiger partial charge is 0.368 e. The second kappa shape index (κ2) is 8.63. The lowest BCUT2D eigenvalue weighted by Gasteiger charge is -2.10. The van der Waals surface area contributed by atoms with Gasteiger partial charge in [0.1, 0.15) is 30.8 Å². The van der Waals surface area contributed by atoms with E-state index >= 15 is 0 Å². The van der Waals surface area contributed by atoms with Gasteiger partial charge in [-0.1, -0.05) is 0 Å². The van der Waals surface area contributed by atoms with Crippen LogP contribution in [0.1, 0.15) is 22.6 Å². The smallest absolute Gasteiger partial charge is 0.256 e. The molecule has 0 aliphatic carbocycles. The standard InChI is InChI=1S/C19H24N8O2/c1-12-13(2)24-10-26(19(12)29)8-18(28)21-6-5-20-16-7-17(23-9-22-16)27-11-25-14(3)15(27)4/h7,9-11H,5-6,8H2,1-4H3,(H,21,28)(H,20,22,23). The molecule has 3 rings (SSSR count). The van der Waals surface area contributed by atoms with E-state index < -0.39 is 0 Å². The molecule has 10 nitrogen and oxygen atoms in total. The number of amides is 1. The number of nitrogens with one attached hydrogen (secondary N) is 2. The van der Waals surface area contributed by atoms with Gasteiger partial charge in [0.15, 0.2) is 0 Å².